The number of H-pyrrole nitrogens is 1. The van der Waals surface area contributed by atoms with Gasteiger partial charge in [0.1, 0.15) is 0 Å². The molecule has 1 heterocycles. The molecule has 0 bridgehead atoms. The van der Waals surface area contributed by atoms with Gasteiger partial charge in [0, 0.05) is 23.2 Å². The second-order valence-corrected chi connectivity index (χ2v) is 3.99. The van der Waals surface area contributed by atoms with Crippen LogP contribution in [0.25, 0.3) is 5.57 Å². The Balaban J connectivity index is 3.31. The second-order valence-electron chi connectivity index (χ2n) is 3.99. The molecule has 0 saturated carbocycles. The van der Waals surface area contributed by atoms with E-state index < -0.39 is 0 Å². The molecular formula is C12H18N2. The van der Waals surface area contributed by atoms with Gasteiger partial charge in [-0.15, -0.1) is 0 Å². The van der Waals surface area contributed by atoms with Crippen molar-refractivity contribution in [3.05, 3.63) is 29.1 Å². The minimum Gasteiger partial charge on any atom is -0.362 e. The second kappa shape index (κ2) is 3.82. The molecule has 0 spiro atoms. The molecule has 14 heavy (non-hydrogen) atoms. The van der Waals surface area contributed by atoms with Gasteiger partial charge in [-0.2, -0.15) is 0 Å². The molecule has 76 valence electrons. The Morgan fingerprint density at radius 2 is 2.00 bits per heavy atom. The summed E-state index contributed by atoms with van der Waals surface area (Å²) in [6, 6.07) is 0. The number of rotatable bonds is 3. The summed E-state index contributed by atoms with van der Waals surface area (Å²) in [6.07, 6.45) is 1.31. The third kappa shape index (κ3) is 1.65. The molecule has 0 saturated heterocycles. The van der Waals surface area contributed by atoms with Crippen molar-refractivity contribution >= 4 is 11.8 Å². The summed E-state index contributed by atoms with van der Waals surface area (Å²) in [5, 5.41) is 7.22. The summed E-state index contributed by atoms with van der Waals surface area (Å²) in [5.74, 6) is 0.487. The van der Waals surface area contributed by atoms with E-state index in [1.165, 1.54) is 17.5 Å². The van der Waals surface area contributed by atoms with Crippen LogP contribution in [0.4, 0.5) is 0 Å². The predicted octanol–water partition coefficient (Wildman–Crippen LogP) is 3.42. The average Bonchev–Trinajstić information content (AvgIpc) is 2.41. The Labute approximate surface area is 85.6 Å². The molecule has 1 aromatic rings. The van der Waals surface area contributed by atoms with Gasteiger partial charge in [-0.25, -0.2) is 0 Å². The Hall–Kier alpha value is -1.31. The lowest BCUT2D eigenvalue weighted by molar-refractivity contribution is 0.820. The van der Waals surface area contributed by atoms with Crippen LogP contribution in [0.1, 0.15) is 42.3 Å². The highest BCUT2D eigenvalue weighted by atomic mass is 14.7. The van der Waals surface area contributed by atoms with Crippen LogP contribution in [0.15, 0.2) is 6.58 Å². The van der Waals surface area contributed by atoms with Crippen LogP contribution < -0.4 is 0 Å². The molecule has 0 aliphatic rings. The first kappa shape index (κ1) is 10.8. The van der Waals surface area contributed by atoms with Crippen molar-refractivity contribution in [2.24, 2.45) is 0 Å². The maximum Gasteiger partial charge on any atom is 0.0251 e. The first-order chi connectivity index (χ1) is 6.49. The monoisotopic (exact) mass is 190 g/mol. The summed E-state index contributed by atoms with van der Waals surface area (Å²) >= 11 is 0. The first-order valence-electron chi connectivity index (χ1n) is 4.87. The van der Waals surface area contributed by atoms with Crippen molar-refractivity contribution in [3.8, 4) is 0 Å². The van der Waals surface area contributed by atoms with E-state index in [1.807, 2.05) is 6.92 Å². The number of aromatic nitrogens is 1. The number of nitrogens with one attached hydrogen (secondary N) is 2. The fourth-order valence-corrected chi connectivity index (χ4v) is 1.91. The molecule has 0 radical (unpaired) electrons. The van der Waals surface area contributed by atoms with Crippen molar-refractivity contribution in [2.45, 2.75) is 33.6 Å². The summed E-state index contributed by atoms with van der Waals surface area (Å²) in [4.78, 5) is 3.36. The van der Waals surface area contributed by atoms with Crippen molar-refractivity contribution in [3.63, 3.8) is 0 Å². The van der Waals surface area contributed by atoms with Gasteiger partial charge in [-0.1, -0.05) is 20.4 Å². The standard InChI is InChI=1S/C12H18N2/c1-7(2)12-9(4)11(8(3)6-13)10(5)14-12/h6-7,13-14H,3H2,1-2,4-5H3. The third-order valence-corrected chi connectivity index (χ3v) is 2.55. The predicted molar refractivity (Wildman–Crippen MR) is 62.2 cm³/mol. The van der Waals surface area contributed by atoms with E-state index in [1.54, 1.807) is 0 Å². The SMILES string of the molecule is C=C(C=N)c1c(C)[nH]c(C(C)C)c1C. The largest absolute Gasteiger partial charge is 0.362 e. The van der Waals surface area contributed by atoms with Crippen molar-refractivity contribution < 1.29 is 0 Å². The van der Waals surface area contributed by atoms with E-state index in [0.717, 1.165) is 16.8 Å². The molecule has 0 atom stereocenters. The minimum atomic E-state index is 0.487. The van der Waals surface area contributed by atoms with Crippen LogP contribution in [-0.4, -0.2) is 11.2 Å². The highest BCUT2D eigenvalue weighted by Crippen LogP contribution is 2.27. The van der Waals surface area contributed by atoms with Gasteiger partial charge in [0.15, 0.2) is 0 Å². The molecular weight excluding hydrogens is 172 g/mol. The van der Waals surface area contributed by atoms with Crippen molar-refractivity contribution in [1.82, 2.24) is 4.98 Å². The van der Waals surface area contributed by atoms with E-state index in [-0.39, 0.29) is 0 Å². The van der Waals surface area contributed by atoms with E-state index in [4.69, 9.17) is 5.41 Å². The maximum absolute atomic E-state index is 7.22. The normalized spacial score (nSPS) is 10.6. The van der Waals surface area contributed by atoms with Crippen LogP contribution in [0.3, 0.4) is 0 Å². The molecule has 2 heteroatoms. The van der Waals surface area contributed by atoms with Crippen LogP contribution in [0.2, 0.25) is 0 Å². The highest BCUT2D eigenvalue weighted by Gasteiger charge is 2.14. The van der Waals surface area contributed by atoms with Gasteiger partial charge in [0.25, 0.3) is 0 Å². The molecule has 1 rings (SSSR count). The number of hydrogen-bond acceptors (Lipinski definition) is 1. The lowest BCUT2D eigenvalue weighted by Gasteiger charge is -2.04. The van der Waals surface area contributed by atoms with E-state index in [9.17, 15) is 0 Å². The van der Waals surface area contributed by atoms with Gasteiger partial charge >= 0.3 is 0 Å². The van der Waals surface area contributed by atoms with E-state index in [0.29, 0.717) is 5.92 Å². The minimum absolute atomic E-state index is 0.487. The smallest absolute Gasteiger partial charge is 0.0251 e. The summed E-state index contributed by atoms with van der Waals surface area (Å²) in [6.45, 7) is 12.3. The summed E-state index contributed by atoms with van der Waals surface area (Å²) < 4.78 is 0. The Bertz CT molecular complexity index is 370. The fraction of sp³-hybridized carbons (Fsp3) is 0.417. The lowest BCUT2D eigenvalue weighted by atomic mass is 10.00. The molecule has 0 fully saturated rings. The highest BCUT2D eigenvalue weighted by molar-refractivity contribution is 6.08. The fourth-order valence-electron chi connectivity index (χ4n) is 1.91. The number of aromatic amines is 1. The third-order valence-electron chi connectivity index (χ3n) is 2.55. The Morgan fingerprint density at radius 3 is 2.36 bits per heavy atom. The molecule has 0 aromatic carbocycles. The van der Waals surface area contributed by atoms with Crippen LogP contribution in [-0.2, 0) is 0 Å². The first-order valence-corrected chi connectivity index (χ1v) is 4.87. The number of hydrogen-bond donors (Lipinski definition) is 2. The van der Waals surface area contributed by atoms with Gasteiger partial charge in [-0.3, -0.25) is 0 Å². The molecule has 2 nitrogen and oxygen atoms in total. The zero-order valence-corrected chi connectivity index (χ0v) is 9.36. The number of aryl methyl sites for hydroxylation is 1. The zero-order valence-electron chi connectivity index (χ0n) is 9.36. The number of allylic oxidation sites excluding steroid dienone is 1. The zero-order chi connectivity index (χ0) is 10.9. The topological polar surface area (TPSA) is 39.6 Å². The summed E-state index contributed by atoms with van der Waals surface area (Å²) in [5.41, 5.74) is 5.47. The van der Waals surface area contributed by atoms with Crippen LogP contribution >= 0.6 is 0 Å². The van der Waals surface area contributed by atoms with E-state index >= 15 is 0 Å². The molecule has 0 unspecified atom stereocenters. The molecule has 0 aliphatic heterocycles. The molecule has 2 N–H and O–H groups in total. The summed E-state index contributed by atoms with van der Waals surface area (Å²) in [7, 11) is 0. The van der Waals surface area contributed by atoms with Gasteiger partial charge in [0.05, 0.1) is 0 Å². The molecule has 0 amide bonds. The van der Waals surface area contributed by atoms with Crippen LogP contribution in [0.5, 0.6) is 0 Å². The van der Waals surface area contributed by atoms with Gasteiger partial charge in [-0.05, 0) is 30.9 Å². The quantitative estimate of drug-likeness (QED) is 0.686. The van der Waals surface area contributed by atoms with Crippen LogP contribution in [0, 0.1) is 19.3 Å². The van der Waals surface area contributed by atoms with Crippen molar-refractivity contribution in [2.75, 3.05) is 0 Å². The van der Waals surface area contributed by atoms with Gasteiger partial charge < -0.3 is 10.4 Å². The molecule has 0 aliphatic carbocycles. The Kier molecular flexibility index (Phi) is 2.94. The molecule has 1 aromatic heterocycles. The van der Waals surface area contributed by atoms with E-state index in [2.05, 4.69) is 32.3 Å². The van der Waals surface area contributed by atoms with Crippen molar-refractivity contribution in [1.29, 1.82) is 5.41 Å². The lowest BCUT2D eigenvalue weighted by Crippen LogP contribution is -1.91. The maximum atomic E-state index is 7.22. The average molecular weight is 190 g/mol. The van der Waals surface area contributed by atoms with Gasteiger partial charge in [0.2, 0.25) is 0 Å². The Morgan fingerprint density at radius 1 is 1.43 bits per heavy atom.